The van der Waals surface area contributed by atoms with E-state index in [0.717, 1.165) is 66.1 Å². The van der Waals surface area contributed by atoms with Crippen molar-refractivity contribution in [2.45, 2.75) is 0 Å². The van der Waals surface area contributed by atoms with Crippen molar-refractivity contribution in [3.05, 3.63) is 132 Å². The molecule has 8 aromatic rings. The lowest BCUT2D eigenvalue weighted by atomic mass is 9.88. The molecule has 8 rings (SSSR count). The normalized spacial score (nSPS) is 11.1. The fourth-order valence-electron chi connectivity index (χ4n) is 6.17. The largest absolute Gasteiger partial charge is 0.456 e. The van der Waals surface area contributed by atoms with Crippen LogP contribution >= 0.6 is 0 Å². The molecule has 0 atom stereocenters. The third-order valence-corrected chi connectivity index (χ3v) is 8.16. The molecule has 2 heterocycles. The molecule has 0 bridgehead atoms. The molecule has 0 amide bonds. The molecular weight excluding hydrogens is 542 g/mol. The highest BCUT2D eigenvalue weighted by Gasteiger charge is 2.19. The smallest absolute Gasteiger partial charge is 0.143 e. The summed E-state index contributed by atoms with van der Waals surface area (Å²) in [5.41, 5.74) is 8.77. The molecule has 0 spiro atoms. The number of hydrogen-bond donors (Lipinski definition) is 0. The lowest BCUT2D eigenvalue weighted by Gasteiger charge is -2.14. The topological polar surface area (TPSA) is 97.7 Å². The van der Waals surface area contributed by atoms with Gasteiger partial charge in [0.05, 0.1) is 34.9 Å². The maximum Gasteiger partial charge on any atom is 0.143 e. The number of rotatable bonds is 3. The molecule has 6 aromatic carbocycles. The Labute approximate surface area is 251 Å². The minimum atomic E-state index is 0.266. The Kier molecular flexibility index (Phi) is 5.56. The first-order valence-corrected chi connectivity index (χ1v) is 14.0. The Morgan fingerprint density at radius 3 is 1.77 bits per heavy atom. The summed E-state index contributed by atoms with van der Waals surface area (Å²) in [6.45, 7) is 0. The predicted octanol–water partition coefficient (Wildman–Crippen LogP) is 10.1. The number of hydrogen-bond acceptors (Lipinski definition) is 5. The van der Waals surface area contributed by atoms with Gasteiger partial charge >= 0.3 is 0 Å². The van der Waals surface area contributed by atoms with Gasteiger partial charge in [-0.1, -0.05) is 60.7 Å². The van der Waals surface area contributed by atoms with Crippen molar-refractivity contribution in [1.82, 2.24) is 0 Å². The van der Waals surface area contributed by atoms with Gasteiger partial charge in [0, 0.05) is 32.7 Å². The van der Waals surface area contributed by atoms with E-state index in [1.807, 2.05) is 84.9 Å². The molecule has 0 aliphatic heterocycles. The zero-order chi connectivity index (χ0) is 29.8. The summed E-state index contributed by atoms with van der Waals surface area (Å²) in [5, 5.41) is 33.8. The van der Waals surface area contributed by atoms with Gasteiger partial charge < -0.3 is 8.83 Å². The molecule has 0 N–H and O–H groups in total. The first kappa shape index (κ1) is 25.1. The van der Waals surface area contributed by atoms with Crippen LogP contribution < -0.4 is 0 Å². The summed E-state index contributed by atoms with van der Waals surface area (Å²) >= 11 is 0. The van der Waals surface area contributed by atoms with Crippen LogP contribution in [0.5, 0.6) is 0 Å². The van der Waals surface area contributed by atoms with Crippen LogP contribution in [0.2, 0.25) is 0 Å². The Morgan fingerprint density at radius 1 is 0.432 bits per heavy atom. The van der Waals surface area contributed by atoms with E-state index in [4.69, 9.17) is 8.83 Å². The lowest BCUT2D eigenvalue weighted by molar-refractivity contribution is 0.669. The maximum absolute atomic E-state index is 10.1. The van der Waals surface area contributed by atoms with Crippen molar-refractivity contribution in [2.24, 2.45) is 0 Å². The number of fused-ring (bicyclic) bond motifs is 6. The van der Waals surface area contributed by atoms with E-state index >= 15 is 0 Å². The monoisotopic (exact) mass is 561 g/mol. The molecule has 0 radical (unpaired) electrons. The molecule has 0 aliphatic rings. The highest BCUT2D eigenvalue weighted by molar-refractivity contribution is 6.10. The van der Waals surface area contributed by atoms with Gasteiger partial charge in [-0.2, -0.15) is 15.8 Å². The fraction of sp³-hybridized carbons (Fsp3) is 0. The Bertz CT molecular complexity index is 2570. The van der Waals surface area contributed by atoms with E-state index < -0.39 is 0 Å². The zero-order valence-electron chi connectivity index (χ0n) is 23.1. The van der Waals surface area contributed by atoms with Crippen LogP contribution in [-0.2, 0) is 0 Å². The molecule has 5 nitrogen and oxygen atoms in total. The SMILES string of the molecule is N#Cc1cc(C#N)c(-c2cc(-c3ccc4oc5ccccc5c4c3)cc(-c3cccc4c3oc3ccccc34)c2)c(C#N)c1. The van der Waals surface area contributed by atoms with E-state index in [9.17, 15) is 15.8 Å². The molecule has 0 aliphatic carbocycles. The molecule has 0 saturated carbocycles. The summed E-state index contributed by atoms with van der Waals surface area (Å²) in [7, 11) is 0. The van der Waals surface area contributed by atoms with E-state index in [-0.39, 0.29) is 16.7 Å². The summed E-state index contributed by atoms with van der Waals surface area (Å²) < 4.78 is 12.5. The Morgan fingerprint density at radius 2 is 1.05 bits per heavy atom. The lowest BCUT2D eigenvalue weighted by Crippen LogP contribution is -1.94. The van der Waals surface area contributed by atoms with E-state index in [2.05, 4.69) is 36.4 Å². The number of para-hydroxylation sites is 3. The van der Waals surface area contributed by atoms with Gasteiger partial charge in [0.25, 0.3) is 0 Å². The summed E-state index contributed by atoms with van der Waals surface area (Å²) in [4.78, 5) is 0. The van der Waals surface area contributed by atoms with Crippen LogP contribution in [0.25, 0.3) is 77.3 Å². The first-order valence-electron chi connectivity index (χ1n) is 14.0. The average molecular weight is 562 g/mol. The number of nitrogens with zero attached hydrogens (tertiary/aromatic N) is 3. The van der Waals surface area contributed by atoms with Crippen molar-refractivity contribution in [1.29, 1.82) is 15.8 Å². The van der Waals surface area contributed by atoms with Crippen LogP contribution in [0.4, 0.5) is 0 Å². The molecule has 44 heavy (non-hydrogen) atoms. The van der Waals surface area contributed by atoms with Crippen LogP contribution in [0.3, 0.4) is 0 Å². The van der Waals surface area contributed by atoms with E-state index in [1.165, 1.54) is 12.1 Å². The van der Waals surface area contributed by atoms with Crippen molar-refractivity contribution in [3.63, 3.8) is 0 Å². The second kappa shape index (κ2) is 9.74. The van der Waals surface area contributed by atoms with Crippen molar-refractivity contribution in [2.75, 3.05) is 0 Å². The number of benzene rings is 6. The van der Waals surface area contributed by atoms with Crippen molar-refractivity contribution < 1.29 is 8.83 Å². The summed E-state index contributed by atoms with van der Waals surface area (Å²) in [6.07, 6.45) is 0. The van der Waals surface area contributed by atoms with E-state index in [1.54, 1.807) is 0 Å². The van der Waals surface area contributed by atoms with E-state index in [0.29, 0.717) is 11.1 Å². The standard InChI is InChI=1S/C39H19N3O2/c40-20-23-14-28(21-41)38(29(15-23)22-42)27-17-25(24-12-13-37-34(19-24)32-7-2-3-10-35(32)43-37)16-26(18-27)30-8-5-9-33-31-6-1-4-11-36(31)44-39(30)33/h1-19H. The first-order chi connectivity index (χ1) is 21.6. The molecule has 202 valence electrons. The van der Waals surface area contributed by atoms with Gasteiger partial charge in [-0.25, -0.2) is 0 Å². The molecule has 5 heteroatoms. The minimum Gasteiger partial charge on any atom is -0.456 e. The van der Waals surface area contributed by atoms with Crippen LogP contribution in [0.15, 0.2) is 124 Å². The van der Waals surface area contributed by atoms with Crippen LogP contribution in [0.1, 0.15) is 16.7 Å². The average Bonchev–Trinajstić information content (AvgIpc) is 3.65. The number of nitriles is 3. The minimum absolute atomic E-state index is 0.266. The Hall–Kier alpha value is -6.61. The third kappa shape index (κ3) is 3.84. The molecule has 0 unspecified atom stereocenters. The Balaban J connectivity index is 1.44. The molecule has 2 aromatic heterocycles. The summed E-state index contributed by atoms with van der Waals surface area (Å²) in [6, 6.07) is 43.8. The highest BCUT2D eigenvalue weighted by atomic mass is 16.3. The van der Waals surface area contributed by atoms with Gasteiger partial charge in [0.1, 0.15) is 22.3 Å². The zero-order valence-corrected chi connectivity index (χ0v) is 23.1. The van der Waals surface area contributed by atoms with Gasteiger partial charge in [-0.3, -0.25) is 0 Å². The van der Waals surface area contributed by atoms with Gasteiger partial charge in [0.2, 0.25) is 0 Å². The quantitative estimate of drug-likeness (QED) is 0.214. The van der Waals surface area contributed by atoms with Crippen molar-refractivity contribution >= 4 is 43.9 Å². The number of furan rings is 2. The van der Waals surface area contributed by atoms with Crippen LogP contribution in [0, 0.1) is 34.0 Å². The highest BCUT2D eigenvalue weighted by Crippen LogP contribution is 2.41. The second-order valence-corrected chi connectivity index (χ2v) is 10.7. The van der Waals surface area contributed by atoms with Gasteiger partial charge in [-0.05, 0) is 76.9 Å². The third-order valence-electron chi connectivity index (χ3n) is 8.16. The van der Waals surface area contributed by atoms with Gasteiger partial charge in [0.15, 0.2) is 0 Å². The molecule has 0 fully saturated rings. The fourth-order valence-corrected chi connectivity index (χ4v) is 6.17. The predicted molar refractivity (Wildman–Crippen MR) is 171 cm³/mol. The maximum atomic E-state index is 10.1. The van der Waals surface area contributed by atoms with Crippen molar-refractivity contribution in [3.8, 4) is 51.6 Å². The van der Waals surface area contributed by atoms with Gasteiger partial charge in [-0.15, -0.1) is 0 Å². The molecular formula is C39H19N3O2. The van der Waals surface area contributed by atoms with Crippen LogP contribution in [-0.4, -0.2) is 0 Å². The summed E-state index contributed by atoms with van der Waals surface area (Å²) in [5.74, 6) is 0. The second-order valence-electron chi connectivity index (χ2n) is 10.7. The molecule has 0 saturated heterocycles.